The zero-order valence-corrected chi connectivity index (χ0v) is 11.9. The first-order valence-corrected chi connectivity index (χ1v) is 6.69. The van der Waals surface area contributed by atoms with E-state index in [2.05, 4.69) is 0 Å². The Labute approximate surface area is 111 Å². The van der Waals surface area contributed by atoms with Crippen molar-refractivity contribution in [2.45, 2.75) is 26.4 Å². The Kier molecular flexibility index (Phi) is 3.30. The summed E-state index contributed by atoms with van der Waals surface area (Å²) in [6, 6.07) is 8.03. The molecule has 4 heteroatoms. The summed E-state index contributed by atoms with van der Waals surface area (Å²) in [6.07, 6.45) is -0.328. The largest absolute Gasteiger partial charge is 0.443 e. The fourth-order valence-electron chi connectivity index (χ4n) is 1.65. The topological polar surface area (TPSA) is 29.5 Å². The third-order valence-corrected chi connectivity index (χ3v) is 3.44. The average molecular weight is 263 g/mol. The summed E-state index contributed by atoms with van der Waals surface area (Å²) in [5, 5.41) is 3.06. The second kappa shape index (κ2) is 4.61. The van der Waals surface area contributed by atoms with E-state index in [9.17, 15) is 4.79 Å². The van der Waals surface area contributed by atoms with Gasteiger partial charge in [-0.3, -0.25) is 4.90 Å². The molecule has 0 radical (unpaired) electrons. The normalized spacial score (nSPS) is 11.6. The average Bonchev–Trinajstić information content (AvgIpc) is 2.69. The van der Waals surface area contributed by atoms with Gasteiger partial charge in [-0.15, -0.1) is 11.3 Å². The van der Waals surface area contributed by atoms with Crippen LogP contribution in [0.15, 0.2) is 29.6 Å². The number of anilines is 1. The maximum Gasteiger partial charge on any atom is 0.414 e. The molecule has 1 amide bonds. The van der Waals surface area contributed by atoms with Gasteiger partial charge in [-0.05, 0) is 26.8 Å². The molecule has 96 valence electrons. The molecule has 2 aromatic rings. The van der Waals surface area contributed by atoms with Gasteiger partial charge >= 0.3 is 6.09 Å². The van der Waals surface area contributed by atoms with Crippen LogP contribution in [0.25, 0.3) is 10.1 Å². The molecule has 0 aliphatic heterocycles. The number of thiophene rings is 1. The van der Waals surface area contributed by atoms with Crippen molar-refractivity contribution in [2.24, 2.45) is 0 Å². The Bertz CT molecular complexity index is 568. The molecule has 0 bridgehead atoms. The molecule has 0 fully saturated rings. The van der Waals surface area contributed by atoms with Crippen LogP contribution in [-0.4, -0.2) is 18.7 Å². The molecular formula is C14H17NO2S. The second-order valence-corrected chi connectivity index (χ2v) is 6.07. The van der Waals surface area contributed by atoms with Gasteiger partial charge in [0.25, 0.3) is 0 Å². The van der Waals surface area contributed by atoms with Crippen molar-refractivity contribution < 1.29 is 9.53 Å². The zero-order valence-electron chi connectivity index (χ0n) is 11.1. The van der Waals surface area contributed by atoms with Crippen molar-refractivity contribution in [2.75, 3.05) is 11.9 Å². The van der Waals surface area contributed by atoms with Crippen molar-refractivity contribution in [1.82, 2.24) is 0 Å². The monoisotopic (exact) mass is 263 g/mol. The van der Waals surface area contributed by atoms with Gasteiger partial charge in [0.1, 0.15) is 5.60 Å². The van der Waals surface area contributed by atoms with Crippen LogP contribution in [0.1, 0.15) is 20.8 Å². The lowest BCUT2D eigenvalue weighted by Crippen LogP contribution is -2.34. The van der Waals surface area contributed by atoms with Crippen molar-refractivity contribution in [3.63, 3.8) is 0 Å². The molecule has 18 heavy (non-hydrogen) atoms. The number of fused-ring (bicyclic) bond motifs is 1. The fourth-order valence-corrected chi connectivity index (χ4v) is 2.63. The maximum absolute atomic E-state index is 12.0. The van der Waals surface area contributed by atoms with E-state index in [1.165, 1.54) is 4.70 Å². The Balaban J connectivity index is 2.28. The van der Waals surface area contributed by atoms with Gasteiger partial charge in [0.2, 0.25) is 0 Å². The van der Waals surface area contributed by atoms with Crippen LogP contribution < -0.4 is 4.90 Å². The number of ether oxygens (including phenoxy) is 1. The minimum atomic E-state index is -0.475. The van der Waals surface area contributed by atoms with Gasteiger partial charge in [0.15, 0.2) is 0 Å². The van der Waals surface area contributed by atoms with Crippen LogP contribution in [0, 0.1) is 0 Å². The highest BCUT2D eigenvalue weighted by Crippen LogP contribution is 2.32. The molecule has 0 saturated carbocycles. The highest BCUT2D eigenvalue weighted by atomic mass is 32.1. The van der Waals surface area contributed by atoms with Crippen molar-refractivity contribution in [1.29, 1.82) is 0 Å². The second-order valence-electron chi connectivity index (χ2n) is 5.16. The molecule has 2 rings (SSSR count). The summed E-state index contributed by atoms with van der Waals surface area (Å²) >= 11 is 1.63. The Hall–Kier alpha value is -1.55. The first kappa shape index (κ1) is 12.9. The van der Waals surface area contributed by atoms with Crippen molar-refractivity contribution >= 4 is 33.2 Å². The maximum atomic E-state index is 12.0. The van der Waals surface area contributed by atoms with Crippen molar-refractivity contribution in [3.05, 3.63) is 29.6 Å². The van der Waals surface area contributed by atoms with E-state index in [1.54, 1.807) is 23.3 Å². The molecule has 0 aliphatic carbocycles. The van der Waals surface area contributed by atoms with E-state index >= 15 is 0 Å². The van der Waals surface area contributed by atoms with E-state index in [0.29, 0.717) is 0 Å². The summed E-state index contributed by atoms with van der Waals surface area (Å²) in [4.78, 5) is 13.6. The zero-order chi connectivity index (χ0) is 13.3. The number of amides is 1. The number of carbonyl (C=O) groups excluding carboxylic acids is 1. The number of hydrogen-bond donors (Lipinski definition) is 0. The predicted molar refractivity (Wildman–Crippen MR) is 76.5 cm³/mol. The third kappa shape index (κ3) is 2.64. The smallest absolute Gasteiger partial charge is 0.414 e. The molecule has 0 aliphatic rings. The number of benzene rings is 1. The first-order chi connectivity index (χ1) is 8.38. The van der Waals surface area contributed by atoms with Crippen LogP contribution in [0.3, 0.4) is 0 Å². The van der Waals surface area contributed by atoms with Gasteiger partial charge in [-0.25, -0.2) is 4.79 Å². The predicted octanol–water partition coefficient (Wildman–Crippen LogP) is 4.27. The summed E-state index contributed by atoms with van der Waals surface area (Å²) < 4.78 is 6.53. The number of rotatable bonds is 1. The molecular weight excluding hydrogens is 246 g/mol. The van der Waals surface area contributed by atoms with E-state index in [0.717, 1.165) is 11.1 Å². The summed E-state index contributed by atoms with van der Waals surface area (Å²) in [5.41, 5.74) is 0.418. The Morgan fingerprint density at radius 1 is 1.28 bits per heavy atom. The van der Waals surface area contributed by atoms with Gasteiger partial charge in [-0.2, -0.15) is 0 Å². The van der Waals surface area contributed by atoms with Gasteiger partial charge in [-0.1, -0.05) is 18.2 Å². The molecule has 0 N–H and O–H groups in total. The van der Waals surface area contributed by atoms with E-state index < -0.39 is 5.60 Å². The van der Waals surface area contributed by atoms with Crippen LogP contribution >= 0.6 is 11.3 Å². The van der Waals surface area contributed by atoms with Crippen LogP contribution in [-0.2, 0) is 4.74 Å². The summed E-state index contributed by atoms with van der Waals surface area (Å²) in [7, 11) is 1.74. The van der Waals surface area contributed by atoms with Gasteiger partial charge in [0.05, 0.1) is 5.69 Å². The minimum absolute atomic E-state index is 0.328. The lowest BCUT2D eigenvalue weighted by atomic mass is 10.2. The lowest BCUT2D eigenvalue weighted by molar-refractivity contribution is 0.0590. The highest BCUT2D eigenvalue weighted by molar-refractivity contribution is 7.17. The van der Waals surface area contributed by atoms with Crippen LogP contribution in [0.4, 0.5) is 10.5 Å². The summed E-state index contributed by atoms with van der Waals surface area (Å²) in [5.74, 6) is 0. The molecule has 1 heterocycles. The molecule has 0 spiro atoms. The molecule has 1 aromatic heterocycles. The highest BCUT2D eigenvalue weighted by Gasteiger charge is 2.22. The molecule has 0 unspecified atom stereocenters. The van der Waals surface area contributed by atoms with E-state index in [4.69, 9.17) is 4.74 Å². The minimum Gasteiger partial charge on any atom is -0.443 e. The number of nitrogens with zero attached hydrogens (tertiary/aromatic N) is 1. The molecule has 0 saturated heterocycles. The summed E-state index contributed by atoms with van der Waals surface area (Å²) in [6.45, 7) is 5.60. The SMILES string of the molecule is CN(C(=O)OC(C)(C)C)c1csc2ccccc12. The molecule has 1 aromatic carbocycles. The fraction of sp³-hybridized carbons (Fsp3) is 0.357. The third-order valence-electron chi connectivity index (χ3n) is 2.49. The molecule has 0 atom stereocenters. The van der Waals surface area contributed by atoms with Crippen LogP contribution in [0.2, 0.25) is 0 Å². The molecule has 3 nitrogen and oxygen atoms in total. The lowest BCUT2D eigenvalue weighted by Gasteiger charge is -2.24. The standard InChI is InChI=1S/C14H17NO2S/c1-14(2,3)17-13(16)15(4)11-9-18-12-8-6-5-7-10(11)12/h5-9H,1-4H3. The van der Waals surface area contributed by atoms with Gasteiger partial charge in [0, 0.05) is 22.5 Å². The van der Waals surface area contributed by atoms with E-state index in [-0.39, 0.29) is 6.09 Å². The number of carbonyl (C=O) groups is 1. The van der Waals surface area contributed by atoms with Crippen LogP contribution in [0.5, 0.6) is 0 Å². The Morgan fingerprint density at radius 3 is 2.61 bits per heavy atom. The van der Waals surface area contributed by atoms with E-state index in [1.807, 2.05) is 50.4 Å². The first-order valence-electron chi connectivity index (χ1n) is 5.81. The van der Waals surface area contributed by atoms with Gasteiger partial charge < -0.3 is 4.74 Å². The Morgan fingerprint density at radius 2 is 1.94 bits per heavy atom. The number of hydrogen-bond acceptors (Lipinski definition) is 3. The van der Waals surface area contributed by atoms with Crippen molar-refractivity contribution in [3.8, 4) is 0 Å². The quantitative estimate of drug-likeness (QED) is 0.768.